The van der Waals surface area contributed by atoms with Gasteiger partial charge in [-0.1, -0.05) is 6.07 Å². The first-order valence-corrected chi connectivity index (χ1v) is 9.07. The molecule has 0 spiro atoms. The Morgan fingerprint density at radius 2 is 2.09 bits per heavy atom. The first-order chi connectivity index (χ1) is 11.1. The van der Waals surface area contributed by atoms with Gasteiger partial charge >= 0.3 is 0 Å². The Labute approximate surface area is 136 Å². The Hall–Kier alpha value is -1.99. The third-order valence-corrected chi connectivity index (χ3v) is 6.09. The molecule has 1 saturated heterocycles. The Morgan fingerprint density at radius 1 is 1.22 bits per heavy atom. The van der Waals surface area contributed by atoms with E-state index < -0.39 is 10.0 Å². The summed E-state index contributed by atoms with van der Waals surface area (Å²) in [5.74, 6) is 0.893. The van der Waals surface area contributed by atoms with Gasteiger partial charge in [-0.25, -0.2) is 13.4 Å². The number of rotatable bonds is 4. The van der Waals surface area contributed by atoms with Crippen molar-refractivity contribution in [2.75, 3.05) is 25.0 Å². The van der Waals surface area contributed by atoms with Crippen molar-refractivity contribution in [1.82, 2.24) is 14.3 Å². The summed E-state index contributed by atoms with van der Waals surface area (Å²) < 4.78 is 26.9. The van der Waals surface area contributed by atoms with Crippen LogP contribution in [0, 0.1) is 0 Å². The van der Waals surface area contributed by atoms with Crippen LogP contribution in [0.1, 0.15) is 12.8 Å². The number of likely N-dealkylation sites (N-methyl/N-ethyl adjacent to an activating group) is 1. The quantitative estimate of drug-likeness (QED) is 0.853. The third kappa shape index (κ3) is 3.35. The van der Waals surface area contributed by atoms with Crippen LogP contribution in [-0.4, -0.2) is 48.9 Å². The van der Waals surface area contributed by atoms with Crippen LogP contribution in [0.15, 0.2) is 53.8 Å². The number of piperidine rings is 1. The zero-order valence-corrected chi connectivity index (χ0v) is 13.9. The van der Waals surface area contributed by atoms with E-state index in [9.17, 15) is 8.42 Å². The van der Waals surface area contributed by atoms with Gasteiger partial charge in [0.2, 0.25) is 10.0 Å². The van der Waals surface area contributed by atoms with E-state index in [1.54, 1.807) is 31.6 Å². The lowest BCUT2D eigenvalue weighted by Gasteiger charge is -2.37. The molecular formula is C16H20N4O2S. The molecule has 2 aromatic rings. The second-order valence-electron chi connectivity index (χ2n) is 5.64. The highest BCUT2D eigenvalue weighted by Crippen LogP contribution is 2.24. The zero-order valence-electron chi connectivity index (χ0n) is 13.0. The fourth-order valence-electron chi connectivity index (χ4n) is 2.86. The first kappa shape index (κ1) is 15.9. The van der Waals surface area contributed by atoms with Crippen molar-refractivity contribution < 1.29 is 8.42 Å². The smallest absolute Gasteiger partial charge is 0.244 e. The predicted octanol–water partition coefficient (Wildman–Crippen LogP) is 1.77. The molecule has 2 aromatic heterocycles. The molecule has 1 aliphatic rings. The summed E-state index contributed by atoms with van der Waals surface area (Å²) in [4.78, 5) is 10.7. The Morgan fingerprint density at radius 3 is 2.78 bits per heavy atom. The van der Waals surface area contributed by atoms with Crippen LogP contribution in [0.25, 0.3) is 0 Å². The molecule has 0 amide bonds. The molecule has 1 fully saturated rings. The maximum Gasteiger partial charge on any atom is 0.244 e. The summed E-state index contributed by atoms with van der Waals surface area (Å²) in [6.45, 7) is 1.54. The summed E-state index contributed by atoms with van der Waals surface area (Å²) in [6, 6.07) is 8.93. The van der Waals surface area contributed by atoms with Gasteiger partial charge in [-0.3, -0.25) is 4.98 Å². The van der Waals surface area contributed by atoms with Gasteiger partial charge < -0.3 is 4.90 Å². The molecule has 1 aliphatic heterocycles. The van der Waals surface area contributed by atoms with Gasteiger partial charge in [0.25, 0.3) is 0 Å². The molecule has 0 bridgehead atoms. The van der Waals surface area contributed by atoms with Gasteiger partial charge in [-0.05, 0) is 37.1 Å². The fraction of sp³-hybridized carbons (Fsp3) is 0.375. The van der Waals surface area contributed by atoms with Crippen LogP contribution in [0.3, 0.4) is 0 Å². The average Bonchev–Trinajstić information content (AvgIpc) is 2.62. The molecule has 0 aromatic carbocycles. The molecule has 3 heterocycles. The minimum absolute atomic E-state index is 0.0732. The number of hydrogen-bond donors (Lipinski definition) is 0. The van der Waals surface area contributed by atoms with Crippen molar-refractivity contribution in [2.45, 2.75) is 23.8 Å². The first-order valence-electron chi connectivity index (χ1n) is 7.63. The average molecular weight is 332 g/mol. The summed E-state index contributed by atoms with van der Waals surface area (Å²) in [7, 11) is -1.87. The topological polar surface area (TPSA) is 66.4 Å². The van der Waals surface area contributed by atoms with Crippen LogP contribution in [0.5, 0.6) is 0 Å². The Balaban J connectivity index is 1.78. The van der Waals surface area contributed by atoms with Gasteiger partial charge in [-0.2, -0.15) is 4.31 Å². The Bertz CT molecular complexity index is 737. The maximum atomic E-state index is 12.7. The molecule has 0 unspecified atom stereocenters. The highest BCUT2D eigenvalue weighted by Gasteiger charge is 2.31. The number of anilines is 1. The number of pyridine rings is 2. The Kier molecular flexibility index (Phi) is 4.58. The number of aromatic nitrogens is 2. The summed E-state index contributed by atoms with van der Waals surface area (Å²) in [5, 5.41) is 0. The zero-order chi connectivity index (χ0) is 16.3. The van der Waals surface area contributed by atoms with Crippen molar-refractivity contribution in [3.8, 4) is 0 Å². The van der Waals surface area contributed by atoms with E-state index in [0.717, 1.165) is 25.2 Å². The van der Waals surface area contributed by atoms with E-state index in [1.165, 1.54) is 10.5 Å². The number of sulfonamides is 1. The number of hydrogen-bond acceptors (Lipinski definition) is 5. The van der Waals surface area contributed by atoms with E-state index in [2.05, 4.69) is 14.9 Å². The second kappa shape index (κ2) is 6.64. The summed E-state index contributed by atoms with van der Waals surface area (Å²) in [6.07, 6.45) is 6.51. The van der Waals surface area contributed by atoms with E-state index >= 15 is 0 Å². The molecule has 3 rings (SSSR count). The van der Waals surface area contributed by atoms with Crippen LogP contribution in [-0.2, 0) is 10.0 Å². The van der Waals surface area contributed by atoms with Crippen LogP contribution >= 0.6 is 0 Å². The molecule has 1 atom stereocenters. The molecule has 0 N–H and O–H groups in total. The van der Waals surface area contributed by atoms with Crippen LogP contribution < -0.4 is 4.90 Å². The van der Waals surface area contributed by atoms with Crippen molar-refractivity contribution >= 4 is 15.8 Å². The fourth-order valence-corrected chi connectivity index (χ4v) is 4.20. The highest BCUT2D eigenvalue weighted by molar-refractivity contribution is 7.89. The lowest BCUT2D eigenvalue weighted by Crippen LogP contribution is -2.48. The largest absolute Gasteiger partial charge is 0.355 e. The molecule has 23 heavy (non-hydrogen) atoms. The molecule has 122 valence electrons. The lowest BCUT2D eigenvalue weighted by atomic mass is 10.1. The summed E-state index contributed by atoms with van der Waals surface area (Å²) in [5.41, 5.74) is 0. The van der Waals surface area contributed by atoms with E-state index in [0.29, 0.717) is 6.54 Å². The van der Waals surface area contributed by atoms with Crippen molar-refractivity contribution in [3.63, 3.8) is 0 Å². The molecule has 7 heteroatoms. The normalized spacial score (nSPS) is 19.0. The van der Waals surface area contributed by atoms with Crippen LogP contribution in [0.4, 0.5) is 5.82 Å². The lowest BCUT2D eigenvalue weighted by molar-refractivity contribution is 0.319. The number of nitrogens with zero attached hydrogens (tertiary/aromatic N) is 4. The van der Waals surface area contributed by atoms with Crippen molar-refractivity contribution in [1.29, 1.82) is 0 Å². The maximum absolute atomic E-state index is 12.7. The van der Waals surface area contributed by atoms with Crippen LogP contribution in [0.2, 0.25) is 0 Å². The monoisotopic (exact) mass is 332 g/mol. The van der Waals surface area contributed by atoms with E-state index in [1.807, 2.05) is 18.2 Å². The summed E-state index contributed by atoms with van der Waals surface area (Å²) >= 11 is 0. The minimum atomic E-state index is -3.52. The van der Waals surface area contributed by atoms with Gasteiger partial charge in [0.1, 0.15) is 10.7 Å². The van der Waals surface area contributed by atoms with Gasteiger partial charge in [0, 0.05) is 44.8 Å². The second-order valence-corrected chi connectivity index (χ2v) is 7.64. The molecule has 0 saturated carbocycles. The van der Waals surface area contributed by atoms with E-state index in [-0.39, 0.29) is 10.9 Å². The third-order valence-electron chi connectivity index (χ3n) is 4.20. The molecule has 0 aliphatic carbocycles. The predicted molar refractivity (Wildman–Crippen MR) is 88.7 cm³/mol. The van der Waals surface area contributed by atoms with Gasteiger partial charge in [0.15, 0.2) is 0 Å². The molecular weight excluding hydrogens is 312 g/mol. The standard InChI is InChI=1S/C16H20N4O2S/c1-19(23(21,22)15-7-4-9-17-12-15)14-6-5-11-20(13-14)16-8-2-3-10-18-16/h2-4,7-10,12,14H,5-6,11,13H2,1H3/t14-/m0/s1. The van der Waals surface area contributed by atoms with Crippen molar-refractivity contribution in [3.05, 3.63) is 48.9 Å². The van der Waals surface area contributed by atoms with Crippen molar-refractivity contribution in [2.24, 2.45) is 0 Å². The van der Waals surface area contributed by atoms with Gasteiger partial charge in [0.05, 0.1) is 0 Å². The SMILES string of the molecule is CN([C@H]1CCCN(c2ccccn2)C1)S(=O)(=O)c1cccnc1. The van der Waals surface area contributed by atoms with E-state index in [4.69, 9.17) is 0 Å². The molecule has 6 nitrogen and oxygen atoms in total. The molecule has 0 radical (unpaired) electrons. The highest BCUT2D eigenvalue weighted by atomic mass is 32.2. The minimum Gasteiger partial charge on any atom is -0.355 e. The van der Waals surface area contributed by atoms with Gasteiger partial charge in [-0.15, -0.1) is 0 Å².